The van der Waals surface area contributed by atoms with Crippen molar-refractivity contribution in [2.75, 3.05) is 20.3 Å². The third-order valence-electron chi connectivity index (χ3n) is 4.96. The number of ether oxygens (including phenoxy) is 3. The molecule has 0 spiro atoms. The van der Waals surface area contributed by atoms with E-state index in [0.717, 1.165) is 16.9 Å². The van der Waals surface area contributed by atoms with Gasteiger partial charge in [0, 0.05) is 30.6 Å². The van der Waals surface area contributed by atoms with Gasteiger partial charge in [0.1, 0.15) is 5.75 Å². The first-order valence-electron chi connectivity index (χ1n) is 9.79. The molecule has 1 aromatic rings. The average molecular weight is 423 g/mol. The van der Waals surface area contributed by atoms with Crippen LogP contribution in [0.25, 0.3) is 0 Å². The average Bonchev–Trinajstić information content (AvgIpc) is 2.72. The van der Waals surface area contributed by atoms with Crippen molar-refractivity contribution < 1.29 is 24.4 Å². The first-order valence-corrected chi connectivity index (χ1v) is 10.2. The maximum Gasteiger partial charge on any atom is 0.196 e. The van der Waals surface area contributed by atoms with Gasteiger partial charge in [0.2, 0.25) is 0 Å². The van der Waals surface area contributed by atoms with Crippen molar-refractivity contribution in [3.05, 3.63) is 64.7 Å². The Morgan fingerprint density at radius 1 is 1.34 bits per heavy atom. The topological polar surface area (TPSA) is 68.2 Å². The molecule has 0 saturated carbocycles. The Morgan fingerprint density at radius 2 is 2.03 bits per heavy atom. The van der Waals surface area contributed by atoms with E-state index >= 15 is 0 Å². The highest BCUT2D eigenvalue weighted by Crippen LogP contribution is 2.36. The summed E-state index contributed by atoms with van der Waals surface area (Å²) in [6.07, 6.45) is 3.66. The van der Waals surface area contributed by atoms with Gasteiger partial charge in [0.25, 0.3) is 0 Å². The fourth-order valence-electron chi connectivity index (χ4n) is 3.35. The summed E-state index contributed by atoms with van der Waals surface area (Å²) in [7, 11) is 1.50. The minimum atomic E-state index is -1.18. The van der Waals surface area contributed by atoms with Gasteiger partial charge >= 0.3 is 0 Å². The number of aliphatic hydroxyl groups is 2. The standard InChI is InChI=1S/C23H31ClO5/c1-5-28-20-9-7-18(8-10-20)12-16(2)22(24)11-6-17(3)23(27-4)14-19(26)13-21(15-25)29-23/h6-11,19,21,25-26H,3,5,12-15H2,1-2,4H3/b11-6-,22-16-/t19-,21-,23+/m0/s1. The quantitative estimate of drug-likeness (QED) is 0.586. The zero-order valence-electron chi connectivity index (χ0n) is 17.4. The Hall–Kier alpha value is -1.63. The summed E-state index contributed by atoms with van der Waals surface area (Å²) in [5.41, 5.74) is 2.67. The number of hydrogen-bond acceptors (Lipinski definition) is 5. The largest absolute Gasteiger partial charge is 0.494 e. The van der Waals surface area contributed by atoms with Crippen LogP contribution in [0.4, 0.5) is 0 Å². The molecule has 0 aromatic heterocycles. The van der Waals surface area contributed by atoms with Crippen LogP contribution in [-0.2, 0) is 15.9 Å². The van der Waals surface area contributed by atoms with Crippen molar-refractivity contribution in [1.29, 1.82) is 0 Å². The van der Waals surface area contributed by atoms with Crippen molar-refractivity contribution in [3.8, 4) is 5.75 Å². The molecule has 0 amide bonds. The number of methoxy groups -OCH3 is 1. The Kier molecular flexibility index (Phi) is 8.93. The molecule has 5 nitrogen and oxygen atoms in total. The van der Waals surface area contributed by atoms with E-state index in [-0.39, 0.29) is 13.0 Å². The van der Waals surface area contributed by atoms with E-state index in [4.69, 9.17) is 25.8 Å². The molecule has 0 aliphatic carbocycles. The van der Waals surface area contributed by atoms with Gasteiger partial charge in [-0.2, -0.15) is 0 Å². The van der Waals surface area contributed by atoms with Crippen LogP contribution in [0.5, 0.6) is 5.75 Å². The van der Waals surface area contributed by atoms with Crippen molar-refractivity contribution in [2.45, 2.75) is 51.1 Å². The van der Waals surface area contributed by atoms with E-state index in [2.05, 4.69) is 6.58 Å². The molecule has 29 heavy (non-hydrogen) atoms. The number of hydrogen-bond donors (Lipinski definition) is 2. The van der Waals surface area contributed by atoms with Gasteiger partial charge in [0.05, 0.1) is 25.4 Å². The highest BCUT2D eigenvalue weighted by molar-refractivity contribution is 6.31. The monoisotopic (exact) mass is 422 g/mol. The molecule has 2 N–H and O–H groups in total. The summed E-state index contributed by atoms with van der Waals surface area (Å²) in [5.74, 6) is -0.331. The normalized spacial score (nSPS) is 25.7. The van der Waals surface area contributed by atoms with Crippen LogP contribution < -0.4 is 4.74 Å². The van der Waals surface area contributed by atoms with Crippen LogP contribution in [0.1, 0.15) is 32.3 Å². The second kappa shape index (κ2) is 11.0. The van der Waals surface area contributed by atoms with E-state index in [9.17, 15) is 10.2 Å². The number of aliphatic hydroxyl groups excluding tert-OH is 2. The predicted molar refractivity (Wildman–Crippen MR) is 115 cm³/mol. The van der Waals surface area contributed by atoms with E-state index in [1.807, 2.05) is 38.1 Å². The molecular weight excluding hydrogens is 392 g/mol. The molecule has 3 atom stereocenters. The van der Waals surface area contributed by atoms with Gasteiger partial charge in [-0.05, 0) is 44.0 Å². The van der Waals surface area contributed by atoms with Crippen molar-refractivity contribution in [1.82, 2.24) is 0 Å². The summed E-state index contributed by atoms with van der Waals surface area (Å²) in [6, 6.07) is 7.94. The lowest BCUT2D eigenvalue weighted by atomic mass is 9.93. The summed E-state index contributed by atoms with van der Waals surface area (Å²) >= 11 is 6.47. The van der Waals surface area contributed by atoms with E-state index in [0.29, 0.717) is 30.1 Å². The van der Waals surface area contributed by atoms with Gasteiger partial charge < -0.3 is 24.4 Å². The fourth-order valence-corrected chi connectivity index (χ4v) is 3.48. The molecule has 1 fully saturated rings. The molecule has 1 heterocycles. The third kappa shape index (κ3) is 6.43. The molecule has 6 heteroatoms. The zero-order chi connectivity index (χ0) is 21.4. The maximum atomic E-state index is 10.1. The summed E-state index contributed by atoms with van der Waals surface area (Å²) < 4.78 is 16.9. The Balaban J connectivity index is 2.08. The van der Waals surface area contributed by atoms with Crippen LogP contribution in [0.2, 0.25) is 0 Å². The van der Waals surface area contributed by atoms with Crippen LogP contribution in [-0.4, -0.2) is 48.5 Å². The first-order chi connectivity index (χ1) is 13.8. The smallest absolute Gasteiger partial charge is 0.196 e. The van der Waals surface area contributed by atoms with E-state index < -0.39 is 18.0 Å². The molecular formula is C23H31ClO5. The van der Waals surface area contributed by atoms with Crippen molar-refractivity contribution in [3.63, 3.8) is 0 Å². The van der Waals surface area contributed by atoms with Gasteiger partial charge in [-0.1, -0.05) is 42.0 Å². The molecule has 0 bridgehead atoms. The van der Waals surface area contributed by atoms with Crippen LogP contribution in [0.15, 0.2) is 59.2 Å². The highest BCUT2D eigenvalue weighted by Gasteiger charge is 2.42. The Bertz CT molecular complexity index is 740. The lowest BCUT2D eigenvalue weighted by Crippen LogP contribution is -2.49. The highest BCUT2D eigenvalue weighted by atomic mass is 35.5. The second-order valence-corrected chi connectivity index (χ2v) is 7.62. The molecule has 0 radical (unpaired) electrons. The number of benzene rings is 1. The number of rotatable bonds is 9. The molecule has 1 aliphatic rings. The summed E-state index contributed by atoms with van der Waals surface area (Å²) in [4.78, 5) is 0. The zero-order valence-corrected chi connectivity index (χ0v) is 18.1. The van der Waals surface area contributed by atoms with Crippen LogP contribution in [0, 0.1) is 0 Å². The molecule has 1 aromatic carbocycles. The van der Waals surface area contributed by atoms with E-state index in [1.54, 1.807) is 12.2 Å². The maximum absolute atomic E-state index is 10.1. The molecule has 1 saturated heterocycles. The van der Waals surface area contributed by atoms with Gasteiger partial charge in [-0.3, -0.25) is 0 Å². The number of allylic oxidation sites excluding steroid dienone is 3. The molecule has 2 rings (SSSR count). The van der Waals surface area contributed by atoms with Gasteiger partial charge in [-0.15, -0.1) is 0 Å². The van der Waals surface area contributed by atoms with Crippen LogP contribution >= 0.6 is 11.6 Å². The minimum absolute atomic E-state index is 0.193. The van der Waals surface area contributed by atoms with E-state index in [1.165, 1.54) is 7.11 Å². The first kappa shape index (κ1) is 23.6. The van der Waals surface area contributed by atoms with Gasteiger partial charge in [-0.25, -0.2) is 0 Å². The lowest BCUT2D eigenvalue weighted by Gasteiger charge is -2.42. The van der Waals surface area contributed by atoms with Gasteiger partial charge in [0.15, 0.2) is 5.79 Å². The predicted octanol–water partition coefficient (Wildman–Crippen LogP) is 4.13. The minimum Gasteiger partial charge on any atom is -0.494 e. The summed E-state index contributed by atoms with van der Waals surface area (Å²) in [5, 5.41) is 20.1. The molecule has 1 aliphatic heterocycles. The van der Waals surface area contributed by atoms with Crippen molar-refractivity contribution >= 4 is 11.6 Å². The third-order valence-corrected chi connectivity index (χ3v) is 5.41. The molecule has 0 unspecified atom stereocenters. The second-order valence-electron chi connectivity index (χ2n) is 7.21. The van der Waals surface area contributed by atoms with Crippen LogP contribution in [0.3, 0.4) is 0 Å². The summed E-state index contributed by atoms with van der Waals surface area (Å²) in [6.45, 7) is 8.42. The molecule has 160 valence electrons. The number of halogens is 1. The SMILES string of the molecule is C=C(/C=C\C(Cl)=C(/C)Cc1ccc(OCC)cc1)[C@@]1(OC)C[C@@H](O)C[C@@H](CO)O1. The lowest BCUT2D eigenvalue weighted by molar-refractivity contribution is -0.266. The Labute approximate surface area is 178 Å². The fraction of sp³-hybridized carbons (Fsp3) is 0.478. The van der Waals surface area contributed by atoms with Crippen molar-refractivity contribution in [2.24, 2.45) is 0 Å². The Morgan fingerprint density at radius 3 is 2.62 bits per heavy atom.